The molecule has 1 aromatic rings. The number of hydrogen-bond acceptors (Lipinski definition) is 2. The van der Waals surface area contributed by atoms with Crippen molar-refractivity contribution < 1.29 is 9.18 Å². The fourth-order valence-electron chi connectivity index (χ4n) is 0.824. The highest BCUT2D eigenvalue weighted by molar-refractivity contribution is 7.78. The molecular weight excluding hydrogens is 201 g/mol. The van der Waals surface area contributed by atoms with Gasteiger partial charge in [-0.05, 0) is 36.0 Å². The van der Waals surface area contributed by atoms with Gasteiger partial charge in [0.1, 0.15) is 5.82 Å². The minimum atomic E-state index is -0.482. The molecule has 0 bridgehead atoms. The fourth-order valence-corrected chi connectivity index (χ4v) is 0.914. The van der Waals surface area contributed by atoms with Gasteiger partial charge in [-0.2, -0.15) is 4.99 Å². The zero-order valence-corrected chi connectivity index (χ0v) is 7.92. The second-order valence-electron chi connectivity index (χ2n) is 2.43. The van der Waals surface area contributed by atoms with Gasteiger partial charge in [-0.3, -0.25) is 4.79 Å². The van der Waals surface area contributed by atoms with Crippen LogP contribution >= 0.6 is 12.2 Å². The van der Waals surface area contributed by atoms with Crippen molar-refractivity contribution in [1.29, 1.82) is 0 Å². The Bertz CT molecular complexity index is 405. The van der Waals surface area contributed by atoms with E-state index in [2.05, 4.69) is 17.2 Å². The molecule has 14 heavy (non-hydrogen) atoms. The van der Waals surface area contributed by atoms with E-state index in [1.54, 1.807) is 12.1 Å². The predicted molar refractivity (Wildman–Crippen MR) is 55.5 cm³/mol. The monoisotopic (exact) mass is 207 g/mol. The Morgan fingerprint density at radius 2 is 2.07 bits per heavy atom. The maximum Gasteiger partial charge on any atom is 0.278 e. The van der Waals surface area contributed by atoms with Crippen molar-refractivity contribution in [1.82, 2.24) is 0 Å². The van der Waals surface area contributed by atoms with E-state index in [4.69, 9.17) is 0 Å². The summed E-state index contributed by atoms with van der Waals surface area (Å²) in [6, 6.07) is 5.74. The van der Waals surface area contributed by atoms with Crippen molar-refractivity contribution in [3.63, 3.8) is 0 Å². The molecule has 0 heterocycles. The first-order valence-corrected chi connectivity index (χ1v) is 4.18. The summed E-state index contributed by atoms with van der Waals surface area (Å²) in [7, 11) is 0. The molecular formula is C10H6FNOS. The van der Waals surface area contributed by atoms with Crippen LogP contribution in [0, 0.1) is 5.82 Å². The average molecular weight is 207 g/mol. The zero-order chi connectivity index (χ0) is 10.4. The highest BCUT2D eigenvalue weighted by Crippen LogP contribution is 2.04. The Balaban J connectivity index is 2.73. The Hall–Kier alpha value is -1.64. The molecule has 0 aromatic heterocycles. The normalized spacial score (nSPS) is 9.79. The summed E-state index contributed by atoms with van der Waals surface area (Å²) in [5.74, 6) is -0.797. The van der Waals surface area contributed by atoms with Crippen molar-refractivity contribution in [3.8, 4) is 0 Å². The van der Waals surface area contributed by atoms with E-state index < -0.39 is 5.91 Å². The van der Waals surface area contributed by atoms with Gasteiger partial charge in [0.15, 0.2) is 0 Å². The highest BCUT2D eigenvalue weighted by atomic mass is 32.1. The lowest BCUT2D eigenvalue weighted by molar-refractivity contribution is -0.113. The van der Waals surface area contributed by atoms with Crippen molar-refractivity contribution in [2.24, 2.45) is 4.99 Å². The summed E-state index contributed by atoms with van der Waals surface area (Å²) >= 11 is 4.26. The van der Waals surface area contributed by atoms with Gasteiger partial charge in [0.05, 0.1) is 5.16 Å². The molecule has 0 saturated carbocycles. The number of isothiocyanates is 1. The quantitative estimate of drug-likeness (QED) is 0.423. The average Bonchev–Trinajstić information content (AvgIpc) is 2.17. The summed E-state index contributed by atoms with van der Waals surface area (Å²) in [5, 5.41) is 1.96. The van der Waals surface area contributed by atoms with E-state index >= 15 is 0 Å². The van der Waals surface area contributed by atoms with Crippen molar-refractivity contribution >= 4 is 29.4 Å². The first-order chi connectivity index (χ1) is 6.72. The molecule has 0 aliphatic heterocycles. The van der Waals surface area contributed by atoms with Crippen LogP contribution in [-0.2, 0) is 4.79 Å². The first-order valence-electron chi connectivity index (χ1n) is 3.78. The Morgan fingerprint density at radius 3 is 2.64 bits per heavy atom. The maximum atomic E-state index is 12.5. The molecule has 70 valence electrons. The summed E-state index contributed by atoms with van der Waals surface area (Å²) in [5.41, 5.74) is 0.722. The Morgan fingerprint density at radius 1 is 1.43 bits per heavy atom. The van der Waals surface area contributed by atoms with Crippen molar-refractivity contribution in [2.45, 2.75) is 0 Å². The van der Waals surface area contributed by atoms with Crippen LogP contribution in [0.15, 0.2) is 35.3 Å². The predicted octanol–water partition coefficient (Wildman–Crippen LogP) is 2.47. The van der Waals surface area contributed by atoms with Gasteiger partial charge in [-0.25, -0.2) is 4.39 Å². The second kappa shape index (κ2) is 5.17. The van der Waals surface area contributed by atoms with E-state index in [9.17, 15) is 9.18 Å². The Labute approximate surface area is 85.8 Å². The van der Waals surface area contributed by atoms with Gasteiger partial charge in [0.25, 0.3) is 5.91 Å². The lowest BCUT2D eigenvalue weighted by Crippen LogP contribution is -1.83. The third-order valence-corrected chi connectivity index (χ3v) is 1.54. The zero-order valence-electron chi connectivity index (χ0n) is 7.11. The number of thiocarbonyl (C=S) groups is 1. The van der Waals surface area contributed by atoms with E-state index in [0.29, 0.717) is 0 Å². The second-order valence-corrected chi connectivity index (χ2v) is 2.61. The van der Waals surface area contributed by atoms with E-state index in [-0.39, 0.29) is 5.82 Å². The number of hydrogen-bond donors (Lipinski definition) is 0. The van der Waals surface area contributed by atoms with Crippen LogP contribution in [-0.4, -0.2) is 11.1 Å². The summed E-state index contributed by atoms with van der Waals surface area (Å²) in [4.78, 5) is 14.0. The maximum absolute atomic E-state index is 12.5. The number of halogens is 1. The highest BCUT2D eigenvalue weighted by Gasteiger charge is 1.91. The van der Waals surface area contributed by atoms with Gasteiger partial charge in [-0.1, -0.05) is 12.1 Å². The van der Waals surface area contributed by atoms with Crippen LogP contribution in [0.2, 0.25) is 0 Å². The summed E-state index contributed by atoms with van der Waals surface area (Å²) in [6.07, 6.45) is 2.77. The number of amides is 1. The summed E-state index contributed by atoms with van der Waals surface area (Å²) in [6.45, 7) is 0. The van der Waals surface area contributed by atoms with Crippen LogP contribution in [0.1, 0.15) is 5.56 Å². The van der Waals surface area contributed by atoms with Crippen LogP contribution < -0.4 is 0 Å². The standard InChI is InChI=1S/C10H6FNOS/c11-9-4-1-8(2-5-9)3-6-10(13)12-7-14/h1-6H. The van der Waals surface area contributed by atoms with Gasteiger partial charge in [0.2, 0.25) is 0 Å². The molecule has 1 amide bonds. The molecule has 0 atom stereocenters. The van der Waals surface area contributed by atoms with Gasteiger partial charge >= 0.3 is 0 Å². The topological polar surface area (TPSA) is 29.4 Å². The largest absolute Gasteiger partial charge is 0.278 e. The number of aliphatic imine (C=N–C) groups is 1. The van der Waals surface area contributed by atoms with Crippen molar-refractivity contribution in [2.75, 3.05) is 0 Å². The van der Waals surface area contributed by atoms with Gasteiger partial charge in [0, 0.05) is 6.08 Å². The summed E-state index contributed by atoms with van der Waals surface area (Å²) < 4.78 is 12.5. The molecule has 0 unspecified atom stereocenters. The molecule has 0 saturated heterocycles. The minimum absolute atomic E-state index is 0.314. The third-order valence-electron chi connectivity index (χ3n) is 1.44. The third kappa shape index (κ3) is 3.39. The van der Waals surface area contributed by atoms with Crippen LogP contribution in [0.25, 0.3) is 6.08 Å². The Kier molecular flexibility index (Phi) is 3.85. The first kappa shape index (κ1) is 10.4. The number of benzene rings is 1. The molecule has 4 heteroatoms. The molecule has 1 aromatic carbocycles. The molecule has 0 N–H and O–H groups in total. The van der Waals surface area contributed by atoms with E-state index in [1.807, 2.05) is 5.16 Å². The lowest BCUT2D eigenvalue weighted by Gasteiger charge is -1.90. The lowest BCUT2D eigenvalue weighted by atomic mass is 10.2. The van der Waals surface area contributed by atoms with Gasteiger partial charge in [-0.15, -0.1) is 0 Å². The molecule has 1 rings (SSSR count). The van der Waals surface area contributed by atoms with Crippen LogP contribution in [0.5, 0.6) is 0 Å². The minimum Gasteiger partial charge on any atom is -0.267 e. The molecule has 0 aliphatic carbocycles. The molecule has 0 radical (unpaired) electrons. The van der Waals surface area contributed by atoms with Crippen molar-refractivity contribution in [3.05, 3.63) is 41.7 Å². The number of carbonyl (C=O) groups is 1. The molecule has 0 spiro atoms. The molecule has 0 aliphatic rings. The van der Waals surface area contributed by atoms with Crippen LogP contribution in [0.3, 0.4) is 0 Å². The SMILES string of the molecule is O=C(C=Cc1ccc(F)cc1)N=C=S. The molecule has 0 fully saturated rings. The molecule has 2 nitrogen and oxygen atoms in total. The van der Waals surface area contributed by atoms with E-state index in [1.165, 1.54) is 24.3 Å². The fraction of sp³-hybridized carbons (Fsp3) is 0. The van der Waals surface area contributed by atoms with Crippen LogP contribution in [0.4, 0.5) is 4.39 Å². The number of rotatable bonds is 2. The smallest absolute Gasteiger partial charge is 0.267 e. The van der Waals surface area contributed by atoms with Gasteiger partial charge < -0.3 is 0 Å². The number of carbonyl (C=O) groups excluding carboxylic acids is 1. The van der Waals surface area contributed by atoms with E-state index in [0.717, 1.165) is 5.56 Å². The number of nitrogens with zero attached hydrogens (tertiary/aromatic N) is 1.